The van der Waals surface area contributed by atoms with Crippen molar-refractivity contribution >= 4 is 7.82 Å². The molecular formula is C14H30O4P-. The van der Waals surface area contributed by atoms with E-state index in [4.69, 9.17) is 4.52 Å². The van der Waals surface area contributed by atoms with Crippen LogP contribution in [0, 0.1) is 0 Å². The Morgan fingerprint density at radius 1 is 0.789 bits per heavy atom. The molecule has 0 aromatic rings. The van der Waals surface area contributed by atoms with Gasteiger partial charge < -0.3 is 13.9 Å². The molecule has 0 aliphatic heterocycles. The molecule has 0 aliphatic carbocycles. The van der Waals surface area contributed by atoms with E-state index in [2.05, 4.69) is 11.4 Å². The molecule has 0 fully saturated rings. The molecule has 0 saturated heterocycles. The summed E-state index contributed by atoms with van der Waals surface area (Å²) in [4.78, 5) is 11.1. The summed E-state index contributed by atoms with van der Waals surface area (Å²) in [6.45, 7) is 4.25. The smallest absolute Gasteiger partial charge is 0.267 e. The van der Waals surface area contributed by atoms with Crippen molar-refractivity contribution in [2.45, 2.75) is 78.1 Å². The van der Waals surface area contributed by atoms with Crippen molar-refractivity contribution in [2.75, 3.05) is 13.2 Å². The Morgan fingerprint density at radius 2 is 1.26 bits per heavy atom. The van der Waals surface area contributed by atoms with Gasteiger partial charge in [0, 0.05) is 0 Å². The zero-order valence-electron chi connectivity index (χ0n) is 12.6. The highest BCUT2D eigenvalue weighted by Gasteiger charge is 2.06. The monoisotopic (exact) mass is 293 g/mol. The first-order valence-electron chi connectivity index (χ1n) is 7.72. The van der Waals surface area contributed by atoms with E-state index < -0.39 is 7.82 Å². The zero-order valence-corrected chi connectivity index (χ0v) is 13.5. The van der Waals surface area contributed by atoms with Crippen LogP contribution in [0.15, 0.2) is 0 Å². The van der Waals surface area contributed by atoms with Gasteiger partial charge in [0.1, 0.15) is 0 Å². The maximum absolute atomic E-state index is 11.1. The van der Waals surface area contributed by atoms with Gasteiger partial charge in [-0.2, -0.15) is 0 Å². The second kappa shape index (κ2) is 13.1. The van der Waals surface area contributed by atoms with Crippen LogP contribution in [0.2, 0.25) is 0 Å². The largest absolute Gasteiger partial charge is 0.756 e. The summed E-state index contributed by atoms with van der Waals surface area (Å²) in [7, 11) is -4.02. The number of hydrogen-bond acceptors (Lipinski definition) is 4. The third kappa shape index (κ3) is 14.3. The Labute approximate surface area is 118 Å². The first-order valence-corrected chi connectivity index (χ1v) is 9.18. The van der Waals surface area contributed by atoms with Crippen LogP contribution >= 0.6 is 7.82 Å². The molecule has 1 atom stereocenters. The van der Waals surface area contributed by atoms with Gasteiger partial charge in [0.15, 0.2) is 0 Å². The Balaban J connectivity index is 3.17. The summed E-state index contributed by atoms with van der Waals surface area (Å²) in [5, 5.41) is 0. The minimum absolute atomic E-state index is 0.138. The highest BCUT2D eigenvalue weighted by atomic mass is 31.2. The summed E-state index contributed by atoms with van der Waals surface area (Å²) >= 11 is 0. The average Bonchev–Trinajstić information content (AvgIpc) is 2.36. The maximum Gasteiger partial charge on any atom is 0.267 e. The molecule has 0 radical (unpaired) electrons. The Hall–Kier alpha value is 0.110. The average molecular weight is 293 g/mol. The molecule has 0 heterocycles. The second-order valence-electron chi connectivity index (χ2n) is 4.88. The van der Waals surface area contributed by atoms with E-state index in [1.807, 2.05) is 0 Å². The summed E-state index contributed by atoms with van der Waals surface area (Å²) < 4.78 is 20.3. The van der Waals surface area contributed by atoms with Crippen LogP contribution in [0.25, 0.3) is 0 Å². The molecule has 0 rings (SSSR count). The molecule has 5 heteroatoms. The van der Waals surface area contributed by atoms with E-state index in [-0.39, 0.29) is 13.2 Å². The van der Waals surface area contributed by atoms with E-state index >= 15 is 0 Å². The Kier molecular flexibility index (Phi) is 13.2. The molecule has 19 heavy (non-hydrogen) atoms. The predicted molar refractivity (Wildman–Crippen MR) is 77.0 cm³/mol. The Morgan fingerprint density at radius 3 is 1.74 bits per heavy atom. The number of rotatable bonds is 14. The van der Waals surface area contributed by atoms with E-state index in [1.165, 1.54) is 44.9 Å². The fraction of sp³-hybridized carbons (Fsp3) is 1.00. The molecule has 0 saturated carbocycles. The zero-order chi connectivity index (χ0) is 14.4. The SMILES string of the molecule is CCCCCCCCCCCCOP(=O)([O-])OCC. The number of unbranched alkanes of at least 4 members (excludes halogenated alkanes) is 9. The van der Waals surface area contributed by atoms with Gasteiger partial charge in [-0.05, 0) is 13.3 Å². The third-order valence-electron chi connectivity index (χ3n) is 3.03. The predicted octanol–water partition coefficient (Wildman–Crippen LogP) is 4.43. The van der Waals surface area contributed by atoms with Crippen LogP contribution in [0.1, 0.15) is 78.1 Å². The molecule has 0 spiro atoms. The van der Waals surface area contributed by atoms with Crippen molar-refractivity contribution in [3.63, 3.8) is 0 Å². The summed E-state index contributed by atoms with van der Waals surface area (Å²) in [6, 6.07) is 0. The van der Waals surface area contributed by atoms with Crippen molar-refractivity contribution < 1.29 is 18.5 Å². The van der Waals surface area contributed by atoms with Gasteiger partial charge in [-0.15, -0.1) is 0 Å². The molecule has 4 nitrogen and oxygen atoms in total. The molecule has 1 unspecified atom stereocenters. The van der Waals surface area contributed by atoms with Crippen molar-refractivity contribution in [3.05, 3.63) is 0 Å². The van der Waals surface area contributed by atoms with Gasteiger partial charge in [0.25, 0.3) is 7.82 Å². The van der Waals surface area contributed by atoms with Gasteiger partial charge in [-0.25, -0.2) is 0 Å². The van der Waals surface area contributed by atoms with Crippen LogP contribution in [0.5, 0.6) is 0 Å². The molecule has 0 aliphatic rings. The number of hydrogen-bond donors (Lipinski definition) is 0. The van der Waals surface area contributed by atoms with Gasteiger partial charge in [-0.1, -0.05) is 64.7 Å². The van der Waals surface area contributed by atoms with E-state index in [0.29, 0.717) is 0 Å². The van der Waals surface area contributed by atoms with Crippen LogP contribution in [0.4, 0.5) is 0 Å². The molecule has 0 aromatic carbocycles. The topological polar surface area (TPSA) is 58.6 Å². The minimum Gasteiger partial charge on any atom is -0.756 e. The highest BCUT2D eigenvalue weighted by molar-refractivity contribution is 7.45. The first kappa shape index (κ1) is 19.1. The van der Waals surface area contributed by atoms with Gasteiger partial charge in [0.05, 0.1) is 13.2 Å². The van der Waals surface area contributed by atoms with Crippen LogP contribution in [-0.2, 0) is 13.6 Å². The fourth-order valence-electron chi connectivity index (χ4n) is 1.96. The Bertz CT molecular complexity index is 233. The summed E-state index contributed by atoms with van der Waals surface area (Å²) in [5.74, 6) is 0. The van der Waals surface area contributed by atoms with Crippen molar-refractivity contribution in [1.82, 2.24) is 0 Å². The molecule has 0 bridgehead atoms. The molecular weight excluding hydrogens is 263 g/mol. The van der Waals surface area contributed by atoms with Gasteiger partial charge in [-0.3, -0.25) is 4.57 Å². The quantitative estimate of drug-likeness (QED) is 0.351. The molecule has 0 amide bonds. The van der Waals surface area contributed by atoms with Crippen LogP contribution in [-0.4, -0.2) is 13.2 Å². The first-order chi connectivity index (χ1) is 9.12. The van der Waals surface area contributed by atoms with E-state index in [9.17, 15) is 9.46 Å². The van der Waals surface area contributed by atoms with Crippen molar-refractivity contribution in [1.29, 1.82) is 0 Å². The minimum atomic E-state index is -4.02. The van der Waals surface area contributed by atoms with E-state index in [0.717, 1.165) is 19.3 Å². The normalized spacial score (nSPS) is 14.5. The number of phosphoric acid groups is 1. The lowest BCUT2D eigenvalue weighted by molar-refractivity contribution is -0.225. The van der Waals surface area contributed by atoms with Crippen LogP contribution in [0.3, 0.4) is 0 Å². The van der Waals surface area contributed by atoms with Crippen molar-refractivity contribution in [3.8, 4) is 0 Å². The molecule has 0 N–H and O–H groups in total. The standard InChI is InChI=1S/C14H31O4P/c1-3-5-6-7-8-9-10-11-12-13-14-18-19(15,16)17-4-2/h3-14H2,1-2H3,(H,15,16)/p-1. The van der Waals surface area contributed by atoms with Gasteiger partial charge >= 0.3 is 0 Å². The lowest BCUT2D eigenvalue weighted by Gasteiger charge is -2.21. The molecule has 116 valence electrons. The van der Waals surface area contributed by atoms with Crippen LogP contribution < -0.4 is 4.89 Å². The highest BCUT2D eigenvalue weighted by Crippen LogP contribution is 2.37. The summed E-state index contributed by atoms with van der Waals surface area (Å²) in [5.41, 5.74) is 0. The second-order valence-corrected chi connectivity index (χ2v) is 6.29. The number of phosphoric ester groups is 1. The maximum atomic E-state index is 11.1. The lowest BCUT2D eigenvalue weighted by Crippen LogP contribution is -2.08. The van der Waals surface area contributed by atoms with E-state index in [1.54, 1.807) is 6.92 Å². The fourth-order valence-corrected chi connectivity index (χ4v) is 2.70. The third-order valence-corrected chi connectivity index (χ3v) is 4.11. The summed E-state index contributed by atoms with van der Waals surface area (Å²) in [6.07, 6.45) is 12.2. The van der Waals surface area contributed by atoms with Gasteiger partial charge in [0.2, 0.25) is 0 Å². The molecule has 0 aromatic heterocycles. The van der Waals surface area contributed by atoms with Crippen molar-refractivity contribution in [2.24, 2.45) is 0 Å². The lowest BCUT2D eigenvalue weighted by atomic mass is 10.1.